The minimum atomic E-state index is -1.09. The Labute approximate surface area is 237 Å². The van der Waals surface area contributed by atoms with E-state index in [0.29, 0.717) is 5.56 Å². The Hall–Kier alpha value is -3.88. The molecule has 0 aliphatic carbocycles. The Morgan fingerprint density at radius 1 is 0.825 bits per heavy atom. The quantitative estimate of drug-likeness (QED) is 0.443. The Kier molecular flexibility index (Phi) is 10.9. The first-order valence-electron chi connectivity index (χ1n) is 13.4. The van der Waals surface area contributed by atoms with Crippen molar-refractivity contribution >= 4 is 23.9 Å². The highest BCUT2D eigenvalue weighted by atomic mass is 16.6. The molecule has 40 heavy (non-hydrogen) atoms. The summed E-state index contributed by atoms with van der Waals surface area (Å²) in [5.41, 5.74) is 0.866. The van der Waals surface area contributed by atoms with Crippen LogP contribution < -0.4 is 10.6 Å². The summed E-state index contributed by atoms with van der Waals surface area (Å²) in [6.07, 6.45) is -0.540. The zero-order chi connectivity index (χ0) is 30.3. The maximum Gasteiger partial charge on any atom is 0.408 e. The van der Waals surface area contributed by atoms with Gasteiger partial charge in [0.15, 0.2) is 0 Å². The smallest absolute Gasteiger partial charge is 0.408 e. The summed E-state index contributed by atoms with van der Waals surface area (Å²) in [5.74, 6) is -1.65. The van der Waals surface area contributed by atoms with E-state index in [1.165, 1.54) is 18.9 Å². The van der Waals surface area contributed by atoms with Crippen LogP contribution in [0.1, 0.15) is 71.2 Å². The number of esters is 1. The fraction of sp³-hybridized carbons (Fsp3) is 0.484. The Balaban J connectivity index is 2.36. The van der Waals surface area contributed by atoms with E-state index in [-0.39, 0.29) is 6.42 Å². The number of nitrogens with one attached hydrogen (secondary N) is 2. The molecule has 0 fully saturated rings. The molecule has 218 valence electrons. The average molecular weight is 554 g/mol. The molecule has 0 radical (unpaired) electrons. The second-order valence-corrected chi connectivity index (χ2v) is 11.9. The highest BCUT2D eigenvalue weighted by Crippen LogP contribution is 2.23. The number of carbonyl (C=O) groups is 4. The number of carbonyl (C=O) groups excluding carboxylic acids is 4. The van der Waals surface area contributed by atoms with E-state index in [2.05, 4.69) is 10.6 Å². The van der Waals surface area contributed by atoms with Crippen molar-refractivity contribution in [2.75, 3.05) is 7.05 Å². The van der Waals surface area contributed by atoms with Gasteiger partial charge in [0, 0.05) is 13.5 Å². The second kappa shape index (κ2) is 13.5. The largest absolute Gasteiger partial charge is 0.458 e. The molecule has 0 saturated carbocycles. The zero-order valence-corrected chi connectivity index (χ0v) is 25.0. The van der Waals surface area contributed by atoms with Gasteiger partial charge < -0.3 is 25.0 Å². The molecule has 9 nitrogen and oxygen atoms in total. The Morgan fingerprint density at radius 2 is 1.38 bits per heavy atom. The van der Waals surface area contributed by atoms with Crippen molar-refractivity contribution in [2.24, 2.45) is 0 Å². The second-order valence-electron chi connectivity index (χ2n) is 11.9. The van der Waals surface area contributed by atoms with Crippen LogP contribution >= 0.6 is 0 Å². The zero-order valence-electron chi connectivity index (χ0n) is 25.0. The number of hydrogen-bond acceptors (Lipinski definition) is 6. The van der Waals surface area contributed by atoms with Gasteiger partial charge in [-0.25, -0.2) is 9.59 Å². The molecule has 2 aromatic carbocycles. The van der Waals surface area contributed by atoms with E-state index < -0.39 is 53.2 Å². The topological polar surface area (TPSA) is 114 Å². The maximum atomic E-state index is 13.9. The van der Waals surface area contributed by atoms with Crippen molar-refractivity contribution < 1.29 is 28.7 Å². The van der Waals surface area contributed by atoms with Gasteiger partial charge in [-0.3, -0.25) is 9.59 Å². The van der Waals surface area contributed by atoms with Gasteiger partial charge in [-0.1, -0.05) is 60.2 Å². The number of rotatable bonds is 9. The van der Waals surface area contributed by atoms with Gasteiger partial charge in [-0.15, -0.1) is 0 Å². The number of nitrogens with zero attached hydrogens (tertiary/aromatic N) is 1. The van der Waals surface area contributed by atoms with Crippen molar-refractivity contribution in [3.8, 4) is 0 Å². The normalized spacial score (nSPS) is 13.8. The summed E-state index contributed by atoms with van der Waals surface area (Å²) >= 11 is 0. The van der Waals surface area contributed by atoms with Crippen LogP contribution in [0.25, 0.3) is 0 Å². The average Bonchev–Trinajstić information content (AvgIpc) is 2.82. The summed E-state index contributed by atoms with van der Waals surface area (Å²) in [5, 5.41) is 5.36. The number of amides is 3. The van der Waals surface area contributed by atoms with E-state index in [0.717, 1.165) is 11.1 Å². The van der Waals surface area contributed by atoms with Crippen molar-refractivity contribution in [3.05, 3.63) is 71.3 Å². The summed E-state index contributed by atoms with van der Waals surface area (Å²) in [7, 11) is 1.49. The van der Waals surface area contributed by atoms with Crippen molar-refractivity contribution in [3.63, 3.8) is 0 Å². The number of hydrogen-bond donors (Lipinski definition) is 2. The number of aryl methyl sites for hydroxylation is 1. The standard InChI is InChI=1S/C31H43N3O6/c1-20-15-17-23(18-16-20)25(34(9)27(36)21(2)32-29(38)40-31(6,7)8)26(35)33-24(28(37)39-30(3,4)5)19-22-13-11-10-12-14-22/h10-18,21,24-25H,19H2,1-9H3,(H,32,38)(H,33,35). The predicted molar refractivity (Wildman–Crippen MR) is 153 cm³/mol. The molecule has 3 unspecified atom stereocenters. The number of likely N-dealkylation sites (N-methyl/N-ethyl adjacent to an activating group) is 1. The van der Waals surface area contributed by atoms with Gasteiger partial charge in [0.25, 0.3) is 0 Å². The lowest BCUT2D eigenvalue weighted by Crippen LogP contribution is -2.53. The highest BCUT2D eigenvalue weighted by Gasteiger charge is 2.35. The van der Waals surface area contributed by atoms with Gasteiger partial charge in [0.1, 0.15) is 29.3 Å². The molecule has 2 N–H and O–H groups in total. The van der Waals surface area contributed by atoms with Crippen molar-refractivity contribution in [1.82, 2.24) is 15.5 Å². The summed E-state index contributed by atoms with van der Waals surface area (Å²) in [6, 6.07) is 13.4. The Morgan fingerprint density at radius 3 is 1.90 bits per heavy atom. The van der Waals surface area contributed by atoms with Crippen LogP contribution in [0.2, 0.25) is 0 Å². The van der Waals surface area contributed by atoms with E-state index in [9.17, 15) is 19.2 Å². The third-order valence-corrected chi connectivity index (χ3v) is 5.77. The van der Waals surface area contributed by atoms with Crippen molar-refractivity contribution in [2.45, 2.75) is 91.1 Å². The molecule has 3 amide bonds. The van der Waals surface area contributed by atoms with E-state index >= 15 is 0 Å². The molecule has 3 atom stereocenters. The molecule has 0 saturated heterocycles. The van der Waals surface area contributed by atoms with Gasteiger partial charge >= 0.3 is 12.1 Å². The molecule has 0 aliphatic rings. The van der Waals surface area contributed by atoms with Crippen molar-refractivity contribution in [1.29, 1.82) is 0 Å². The summed E-state index contributed by atoms with van der Waals surface area (Å²) in [6.45, 7) is 13.9. The van der Waals surface area contributed by atoms with Crippen LogP contribution in [-0.2, 0) is 30.3 Å². The highest BCUT2D eigenvalue weighted by molar-refractivity contribution is 5.93. The SMILES string of the molecule is Cc1ccc(C(C(=O)NC(Cc2ccccc2)C(=O)OC(C)(C)C)N(C)C(=O)C(C)NC(=O)OC(C)(C)C)cc1. The molecule has 0 aromatic heterocycles. The van der Waals surface area contributed by atoms with Crippen LogP contribution in [0.3, 0.4) is 0 Å². The first-order chi connectivity index (χ1) is 18.5. The Bertz CT molecular complexity index is 1170. The van der Waals surface area contributed by atoms with Gasteiger partial charge in [-0.2, -0.15) is 0 Å². The fourth-order valence-corrected chi connectivity index (χ4v) is 3.95. The minimum Gasteiger partial charge on any atom is -0.458 e. The molecule has 0 spiro atoms. The molecule has 9 heteroatoms. The maximum absolute atomic E-state index is 13.9. The van der Waals surface area contributed by atoms with E-state index in [1.54, 1.807) is 53.7 Å². The first kappa shape index (κ1) is 32.3. The van der Waals surface area contributed by atoms with Crippen LogP contribution in [0.4, 0.5) is 4.79 Å². The monoisotopic (exact) mass is 553 g/mol. The summed E-state index contributed by atoms with van der Waals surface area (Å²) < 4.78 is 10.9. The molecule has 2 aromatic rings. The molecule has 2 rings (SSSR count). The van der Waals surface area contributed by atoms with Gasteiger partial charge in [-0.05, 0) is 66.5 Å². The number of alkyl carbamates (subject to hydrolysis) is 1. The first-order valence-corrected chi connectivity index (χ1v) is 13.4. The van der Waals surface area contributed by atoms with E-state index in [4.69, 9.17) is 9.47 Å². The molecular formula is C31H43N3O6. The lowest BCUT2D eigenvalue weighted by molar-refractivity contribution is -0.159. The van der Waals surface area contributed by atoms with Gasteiger partial charge in [0.2, 0.25) is 11.8 Å². The fourth-order valence-electron chi connectivity index (χ4n) is 3.95. The molecular weight excluding hydrogens is 510 g/mol. The summed E-state index contributed by atoms with van der Waals surface area (Å²) in [4.78, 5) is 54.0. The third-order valence-electron chi connectivity index (χ3n) is 5.77. The molecule has 0 aliphatic heterocycles. The lowest BCUT2D eigenvalue weighted by atomic mass is 10.0. The lowest BCUT2D eigenvalue weighted by Gasteiger charge is -2.32. The molecule has 0 heterocycles. The number of ether oxygens (including phenoxy) is 2. The van der Waals surface area contributed by atoms with Crippen LogP contribution in [0, 0.1) is 6.92 Å². The van der Waals surface area contributed by atoms with E-state index in [1.807, 2.05) is 49.4 Å². The van der Waals surface area contributed by atoms with Crippen LogP contribution in [0.5, 0.6) is 0 Å². The predicted octanol–water partition coefficient (Wildman–Crippen LogP) is 4.48. The third kappa shape index (κ3) is 10.4. The van der Waals surface area contributed by atoms with Crippen LogP contribution in [-0.4, -0.2) is 59.1 Å². The van der Waals surface area contributed by atoms with Gasteiger partial charge in [0.05, 0.1) is 0 Å². The minimum absolute atomic E-state index is 0.205. The number of benzene rings is 2. The van der Waals surface area contributed by atoms with Crippen LogP contribution in [0.15, 0.2) is 54.6 Å². The molecule has 0 bridgehead atoms.